The molecular weight excluding hydrogens is 318 g/mol. The summed E-state index contributed by atoms with van der Waals surface area (Å²) in [6, 6.07) is 11.5. The first-order valence-electron chi connectivity index (χ1n) is 8.31. The third kappa shape index (κ3) is 3.05. The van der Waals surface area contributed by atoms with E-state index in [0.29, 0.717) is 5.75 Å². The lowest BCUT2D eigenvalue weighted by Crippen LogP contribution is -2.34. The third-order valence-electron chi connectivity index (χ3n) is 4.49. The number of carbonyl (C=O) groups is 1. The molecule has 2 heterocycles. The molecule has 0 spiro atoms. The van der Waals surface area contributed by atoms with Crippen molar-refractivity contribution >= 4 is 17.7 Å². The molecule has 0 aliphatic carbocycles. The lowest BCUT2D eigenvalue weighted by Gasteiger charge is -2.29. The Bertz CT molecular complexity index is 844. The maximum atomic E-state index is 12.7. The monoisotopic (exact) mass is 337 g/mol. The topological polar surface area (TPSA) is 48.0 Å². The highest BCUT2D eigenvalue weighted by atomic mass is 16.7. The maximum Gasteiger partial charge on any atom is 0.250 e. The number of amides is 1. The molecule has 0 radical (unpaired) electrons. The molecule has 0 unspecified atom stereocenters. The van der Waals surface area contributed by atoms with Crippen LogP contribution in [0.15, 0.2) is 42.5 Å². The van der Waals surface area contributed by atoms with Crippen molar-refractivity contribution in [1.82, 2.24) is 0 Å². The quantitative estimate of drug-likeness (QED) is 0.805. The number of ether oxygens (including phenoxy) is 3. The summed E-state index contributed by atoms with van der Waals surface area (Å²) in [4.78, 5) is 14.5. The Morgan fingerprint density at radius 3 is 2.92 bits per heavy atom. The highest BCUT2D eigenvalue weighted by Crippen LogP contribution is 2.33. The number of methoxy groups -OCH3 is 1. The molecule has 0 aromatic heterocycles. The van der Waals surface area contributed by atoms with Gasteiger partial charge in [-0.1, -0.05) is 6.07 Å². The molecule has 0 N–H and O–H groups in total. The van der Waals surface area contributed by atoms with Gasteiger partial charge in [0, 0.05) is 18.3 Å². The molecule has 5 nitrogen and oxygen atoms in total. The molecule has 1 amide bonds. The average Bonchev–Trinajstić information content (AvgIpc) is 3.13. The van der Waals surface area contributed by atoms with Gasteiger partial charge < -0.3 is 19.1 Å². The first-order chi connectivity index (χ1) is 12.2. The van der Waals surface area contributed by atoms with Gasteiger partial charge >= 0.3 is 0 Å². The number of nitrogens with zero attached hydrogens (tertiary/aromatic N) is 1. The number of fused-ring (bicyclic) bond motifs is 2. The zero-order valence-corrected chi connectivity index (χ0v) is 14.0. The fourth-order valence-electron chi connectivity index (χ4n) is 3.20. The van der Waals surface area contributed by atoms with Crippen molar-refractivity contribution in [3.05, 3.63) is 53.6 Å². The van der Waals surface area contributed by atoms with Crippen molar-refractivity contribution in [3.63, 3.8) is 0 Å². The van der Waals surface area contributed by atoms with Gasteiger partial charge in [-0.15, -0.1) is 0 Å². The number of benzene rings is 2. The minimum atomic E-state index is -0.0243. The lowest BCUT2D eigenvalue weighted by molar-refractivity contribution is -0.114. The normalized spacial score (nSPS) is 15.3. The molecule has 2 aliphatic heterocycles. The summed E-state index contributed by atoms with van der Waals surface area (Å²) in [6.07, 6.45) is 5.32. The zero-order valence-electron chi connectivity index (χ0n) is 14.0. The van der Waals surface area contributed by atoms with E-state index in [9.17, 15) is 4.79 Å². The van der Waals surface area contributed by atoms with Gasteiger partial charge in [0.05, 0.1) is 7.11 Å². The van der Waals surface area contributed by atoms with Crippen molar-refractivity contribution < 1.29 is 19.0 Å². The Morgan fingerprint density at radius 2 is 2.04 bits per heavy atom. The van der Waals surface area contributed by atoms with Gasteiger partial charge in [0.2, 0.25) is 6.79 Å². The van der Waals surface area contributed by atoms with E-state index in [0.717, 1.165) is 47.7 Å². The fraction of sp³-hybridized carbons (Fsp3) is 0.250. The van der Waals surface area contributed by atoms with Crippen LogP contribution in [-0.2, 0) is 11.2 Å². The summed E-state index contributed by atoms with van der Waals surface area (Å²) in [7, 11) is 1.65. The van der Waals surface area contributed by atoms with Crippen LogP contribution in [0.1, 0.15) is 17.5 Å². The van der Waals surface area contributed by atoms with Crippen LogP contribution in [0.5, 0.6) is 17.2 Å². The van der Waals surface area contributed by atoms with Crippen LogP contribution in [0.2, 0.25) is 0 Å². The van der Waals surface area contributed by atoms with Crippen LogP contribution in [0, 0.1) is 0 Å². The Balaban J connectivity index is 1.54. The van der Waals surface area contributed by atoms with Gasteiger partial charge in [0.1, 0.15) is 5.75 Å². The van der Waals surface area contributed by atoms with E-state index in [1.807, 2.05) is 47.4 Å². The van der Waals surface area contributed by atoms with E-state index < -0.39 is 0 Å². The number of hydrogen-bond acceptors (Lipinski definition) is 4. The molecule has 2 aromatic carbocycles. The van der Waals surface area contributed by atoms with Gasteiger partial charge in [-0.25, -0.2) is 0 Å². The molecule has 0 bridgehead atoms. The molecule has 0 atom stereocenters. The summed E-state index contributed by atoms with van der Waals surface area (Å²) >= 11 is 0. The molecule has 2 aromatic rings. The second kappa shape index (κ2) is 6.51. The second-order valence-corrected chi connectivity index (χ2v) is 6.03. The van der Waals surface area contributed by atoms with E-state index in [1.165, 1.54) is 0 Å². The minimum absolute atomic E-state index is 0.0243. The van der Waals surface area contributed by atoms with E-state index in [1.54, 1.807) is 13.2 Å². The van der Waals surface area contributed by atoms with E-state index in [-0.39, 0.29) is 12.7 Å². The van der Waals surface area contributed by atoms with Crippen LogP contribution in [0.3, 0.4) is 0 Å². The van der Waals surface area contributed by atoms with E-state index in [4.69, 9.17) is 14.2 Å². The number of hydrogen-bond donors (Lipinski definition) is 0. The van der Waals surface area contributed by atoms with E-state index in [2.05, 4.69) is 0 Å². The first kappa shape index (κ1) is 15.6. The molecule has 2 aliphatic rings. The largest absolute Gasteiger partial charge is 0.497 e. The fourth-order valence-corrected chi connectivity index (χ4v) is 3.20. The third-order valence-corrected chi connectivity index (χ3v) is 4.49. The zero-order chi connectivity index (χ0) is 17.2. The van der Waals surface area contributed by atoms with Crippen LogP contribution in [0.4, 0.5) is 5.69 Å². The number of carbonyl (C=O) groups excluding carboxylic acids is 1. The van der Waals surface area contributed by atoms with Gasteiger partial charge in [-0.2, -0.15) is 0 Å². The van der Waals surface area contributed by atoms with Crippen LogP contribution in [0.25, 0.3) is 6.08 Å². The lowest BCUT2D eigenvalue weighted by atomic mass is 10.0. The van der Waals surface area contributed by atoms with E-state index >= 15 is 0 Å². The van der Waals surface area contributed by atoms with Gasteiger partial charge in [-0.3, -0.25) is 4.79 Å². The molecule has 0 saturated carbocycles. The Hall–Kier alpha value is -2.95. The molecule has 5 heteroatoms. The Morgan fingerprint density at radius 1 is 1.16 bits per heavy atom. The van der Waals surface area contributed by atoms with Gasteiger partial charge in [-0.05, 0) is 60.4 Å². The standard InChI is InChI=1S/C20H19NO4/c1-23-16-6-7-17-15(12-16)3-2-10-21(17)20(22)9-5-14-4-8-18-19(11-14)25-13-24-18/h4-9,11-12H,2-3,10,13H2,1H3/b9-5+. The van der Waals surface area contributed by atoms with Crippen LogP contribution in [-0.4, -0.2) is 26.4 Å². The highest BCUT2D eigenvalue weighted by Gasteiger charge is 2.21. The molecule has 0 fully saturated rings. The summed E-state index contributed by atoms with van der Waals surface area (Å²) in [5.74, 6) is 2.25. The molecule has 128 valence electrons. The molecule has 0 saturated heterocycles. The van der Waals surface area contributed by atoms with Crippen molar-refractivity contribution in [2.45, 2.75) is 12.8 Å². The predicted octanol–water partition coefficient (Wildman–Crippen LogP) is 3.42. The number of anilines is 1. The van der Waals surface area contributed by atoms with Crippen molar-refractivity contribution in [2.75, 3.05) is 25.3 Å². The molecule has 25 heavy (non-hydrogen) atoms. The van der Waals surface area contributed by atoms with Crippen LogP contribution < -0.4 is 19.1 Å². The van der Waals surface area contributed by atoms with Crippen molar-refractivity contribution in [1.29, 1.82) is 0 Å². The molecular formula is C20H19NO4. The summed E-state index contributed by atoms with van der Waals surface area (Å²) in [5, 5.41) is 0. The van der Waals surface area contributed by atoms with Crippen molar-refractivity contribution in [2.24, 2.45) is 0 Å². The maximum absolute atomic E-state index is 12.7. The average molecular weight is 337 g/mol. The summed E-state index contributed by atoms with van der Waals surface area (Å²) in [5.41, 5.74) is 3.02. The Kier molecular flexibility index (Phi) is 4.06. The van der Waals surface area contributed by atoms with Crippen LogP contribution >= 0.6 is 0 Å². The van der Waals surface area contributed by atoms with Gasteiger partial charge in [0.15, 0.2) is 11.5 Å². The smallest absolute Gasteiger partial charge is 0.250 e. The Labute approximate surface area is 146 Å². The predicted molar refractivity (Wildman–Crippen MR) is 95.3 cm³/mol. The SMILES string of the molecule is COc1ccc2c(c1)CCCN2C(=O)/C=C/c1ccc2c(c1)OCO2. The summed E-state index contributed by atoms with van der Waals surface area (Å²) < 4.78 is 15.9. The molecule has 4 rings (SSSR count). The number of rotatable bonds is 3. The second-order valence-electron chi connectivity index (χ2n) is 6.03. The number of aryl methyl sites for hydroxylation is 1. The van der Waals surface area contributed by atoms with Gasteiger partial charge in [0.25, 0.3) is 5.91 Å². The summed E-state index contributed by atoms with van der Waals surface area (Å²) in [6.45, 7) is 0.971. The minimum Gasteiger partial charge on any atom is -0.497 e. The van der Waals surface area contributed by atoms with Crippen molar-refractivity contribution in [3.8, 4) is 17.2 Å². The highest BCUT2D eigenvalue weighted by molar-refractivity contribution is 6.04. The first-order valence-corrected chi connectivity index (χ1v) is 8.31.